The summed E-state index contributed by atoms with van der Waals surface area (Å²) < 4.78 is 5.76. The van der Waals surface area contributed by atoms with Gasteiger partial charge in [0.15, 0.2) is 5.11 Å². The Bertz CT molecular complexity index is 451. The van der Waals surface area contributed by atoms with Crippen LogP contribution in [0.15, 0.2) is 24.3 Å². The number of hydrogen-bond acceptors (Lipinski definition) is 2. The highest BCUT2D eigenvalue weighted by Gasteiger charge is 2.38. The lowest BCUT2D eigenvalue weighted by Gasteiger charge is -2.43. The van der Waals surface area contributed by atoms with E-state index < -0.39 is 0 Å². The summed E-state index contributed by atoms with van der Waals surface area (Å²) in [5.74, 6) is 0.409. The fourth-order valence-electron chi connectivity index (χ4n) is 2.71. The van der Waals surface area contributed by atoms with Gasteiger partial charge in [0.1, 0.15) is 6.23 Å². The lowest BCUT2D eigenvalue weighted by atomic mass is 9.85. The number of thiocarbonyl (C=S) groups is 1. The van der Waals surface area contributed by atoms with Crippen molar-refractivity contribution in [3.8, 4) is 0 Å². The number of ether oxygens (including phenoxy) is 1. The average Bonchev–Trinajstić information content (AvgIpc) is 2.38. The monoisotopic (exact) mass is 282 g/mol. The lowest BCUT2D eigenvalue weighted by molar-refractivity contribution is -0.0536. The highest BCUT2D eigenvalue weighted by Crippen LogP contribution is 2.34. The van der Waals surface area contributed by atoms with E-state index in [-0.39, 0.29) is 12.3 Å². The number of hydrogen-bond donors (Lipinski definition) is 2. The topological polar surface area (TPSA) is 33.3 Å². The largest absolute Gasteiger partial charge is 0.358 e. The normalized spacial score (nSPS) is 31.2. The van der Waals surface area contributed by atoms with Gasteiger partial charge in [0.25, 0.3) is 0 Å². The van der Waals surface area contributed by atoms with Crippen LogP contribution in [0.1, 0.15) is 24.4 Å². The zero-order valence-corrected chi connectivity index (χ0v) is 11.4. The Hall–Kier alpha value is -0.840. The van der Waals surface area contributed by atoms with E-state index in [0.29, 0.717) is 11.0 Å². The Labute approximate surface area is 117 Å². The first-order valence-electron chi connectivity index (χ1n) is 6.18. The number of rotatable bonds is 1. The second-order valence-corrected chi connectivity index (χ2v) is 5.59. The summed E-state index contributed by atoms with van der Waals surface area (Å²) in [4.78, 5) is 0. The summed E-state index contributed by atoms with van der Waals surface area (Å²) in [5, 5.41) is 7.97. The molecule has 3 unspecified atom stereocenters. The summed E-state index contributed by atoms with van der Waals surface area (Å²) >= 11 is 11.2. The van der Waals surface area contributed by atoms with Crippen molar-refractivity contribution in [3.05, 3.63) is 34.9 Å². The van der Waals surface area contributed by atoms with E-state index in [1.54, 1.807) is 0 Å². The molecule has 2 aliphatic rings. The van der Waals surface area contributed by atoms with Crippen molar-refractivity contribution in [2.75, 3.05) is 6.61 Å². The van der Waals surface area contributed by atoms with Crippen LogP contribution in [0.4, 0.5) is 0 Å². The molecule has 3 atom stereocenters. The minimum Gasteiger partial charge on any atom is -0.358 e. The van der Waals surface area contributed by atoms with E-state index in [2.05, 4.69) is 22.8 Å². The Morgan fingerprint density at radius 1 is 1.22 bits per heavy atom. The Balaban J connectivity index is 1.88. The van der Waals surface area contributed by atoms with E-state index in [0.717, 1.165) is 24.5 Å². The molecule has 0 bridgehead atoms. The van der Waals surface area contributed by atoms with Gasteiger partial charge in [0, 0.05) is 17.5 Å². The number of fused-ring (bicyclic) bond motifs is 1. The van der Waals surface area contributed by atoms with Gasteiger partial charge in [0.05, 0.1) is 6.04 Å². The van der Waals surface area contributed by atoms with Gasteiger partial charge < -0.3 is 15.4 Å². The molecule has 0 amide bonds. The maximum absolute atomic E-state index is 5.93. The predicted molar refractivity (Wildman–Crippen MR) is 75.5 cm³/mol. The van der Waals surface area contributed by atoms with Crippen LogP contribution in [-0.4, -0.2) is 17.9 Å². The van der Waals surface area contributed by atoms with Crippen LogP contribution < -0.4 is 10.6 Å². The zero-order valence-electron chi connectivity index (χ0n) is 9.86. The molecule has 96 valence electrons. The smallest absolute Gasteiger partial charge is 0.168 e. The molecule has 0 aromatic heterocycles. The molecule has 2 saturated heterocycles. The van der Waals surface area contributed by atoms with Crippen LogP contribution in [-0.2, 0) is 4.74 Å². The number of benzene rings is 1. The lowest BCUT2D eigenvalue weighted by Crippen LogP contribution is -2.58. The quantitative estimate of drug-likeness (QED) is 0.776. The van der Waals surface area contributed by atoms with Gasteiger partial charge in [-0.25, -0.2) is 0 Å². The van der Waals surface area contributed by atoms with Crippen LogP contribution in [0, 0.1) is 5.92 Å². The molecule has 1 aromatic rings. The molecule has 1 aromatic carbocycles. The van der Waals surface area contributed by atoms with Crippen molar-refractivity contribution in [3.63, 3.8) is 0 Å². The van der Waals surface area contributed by atoms with Gasteiger partial charge in [-0.05, 0) is 42.8 Å². The van der Waals surface area contributed by atoms with E-state index in [9.17, 15) is 0 Å². The first-order chi connectivity index (χ1) is 8.74. The van der Waals surface area contributed by atoms with E-state index in [1.807, 2.05) is 12.1 Å². The third-order valence-corrected chi connectivity index (χ3v) is 4.07. The van der Waals surface area contributed by atoms with Crippen molar-refractivity contribution in [2.45, 2.75) is 25.1 Å². The van der Waals surface area contributed by atoms with Crippen LogP contribution >= 0.6 is 23.8 Å². The van der Waals surface area contributed by atoms with Crippen LogP contribution in [0.2, 0.25) is 5.02 Å². The van der Waals surface area contributed by atoms with Crippen LogP contribution in [0.25, 0.3) is 0 Å². The molecule has 3 rings (SSSR count). The predicted octanol–water partition coefficient (Wildman–Crippen LogP) is 2.61. The van der Waals surface area contributed by atoms with Crippen molar-refractivity contribution < 1.29 is 4.74 Å². The molecule has 2 aliphatic heterocycles. The van der Waals surface area contributed by atoms with Gasteiger partial charge in [-0.2, -0.15) is 0 Å². The molecule has 0 saturated carbocycles. The second kappa shape index (κ2) is 5.03. The third-order valence-electron chi connectivity index (χ3n) is 3.59. The van der Waals surface area contributed by atoms with Crippen LogP contribution in [0.3, 0.4) is 0 Å². The molecule has 2 fully saturated rings. The van der Waals surface area contributed by atoms with E-state index in [4.69, 9.17) is 28.6 Å². The van der Waals surface area contributed by atoms with Crippen molar-refractivity contribution >= 4 is 28.9 Å². The van der Waals surface area contributed by atoms with Crippen LogP contribution in [0.5, 0.6) is 0 Å². The molecule has 2 N–H and O–H groups in total. The van der Waals surface area contributed by atoms with Crippen molar-refractivity contribution in [1.29, 1.82) is 0 Å². The maximum atomic E-state index is 5.93. The SMILES string of the molecule is S=C1NC2OCCCC2C(c2ccc(Cl)cc2)N1. The van der Waals surface area contributed by atoms with Gasteiger partial charge >= 0.3 is 0 Å². The number of halogens is 1. The maximum Gasteiger partial charge on any atom is 0.168 e. The first-order valence-corrected chi connectivity index (χ1v) is 6.97. The van der Waals surface area contributed by atoms with E-state index >= 15 is 0 Å². The summed E-state index contributed by atoms with van der Waals surface area (Å²) in [6.45, 7) is 0.810. The summed E-state index contributed by atoms with van der Waals surface area (Å²) in [5.41, 5.74) is 1.21. The Morgan fingerprint density at radius 2 is 2.00 bits per heavy atom. The van der Waals surface area contributed by atoms with Gasteiger partial charge in [-0.3, -0.25) is 0 Å². The molecule has 3 nitrogen and oxygen atoms in total. The fraction of sp³-hybridized carbons (Fsp3) is 0.462. The Kier molecular flexibility index (Phi) is 3.41. The molecule has 0 radical (unpaired) electrons. The summed E-state index contributed by atoms with van der Waals surface area (Å²) in [6.07, 6.45) is 2.27. The molecule has 5 heteroatoms. The molecule has 2 heterocycles. The molecular formula is C13H15ClN2OS. The summed E-state index contributed by atoms with van der Waals surface area (Å²) in [6, 6.07) is 8.16. The Morgan fingerprint density at radius 3 is 2.78 bits per heavy atom. The average molecular weight is 283 g/mol. The zero-order chi connectivity index (χ0) is 12.5. The molecule has 0 aliphatic carbocycles. The highest BCUT2D eigenvalue weighted by molar-refractivity contribution is 7.80. The fourth-order valence-corrected chi connectivity index (χ4v) is 3.08. The minimum atomic E-state index is 0.0354. The first kappa shape index (κ1) is 12.2. The molecular weight excluding hydrogens is 268 g/mol. The van der Waals surface area contributed by atoms with Crippen molar-refractivity contribution in [1.82, 2.24) is 10.6 Å². The minimum absolute atomic E-state index is 0.0354. The second-order valence-electron chi connectivity index (χ2n) is 4.74. The summed E-state index contributed by atoms with van der Waals surface area (Å²) in [7, 11) is 0. The third kappa shape index (κ3) is 2.32. The molecule has 18 heavy (non-hydrogen) atoms. The standard InChI is InChI=1S/C13H15ClN2OS/c14-9-5-3-8(4-6-9)11-10-2-1-7-17-12(10)16-13(18)15-11/h3-6,10-12H,1-2,7H2,(H2,15,16,18). The molecule has 0 spiro atoms. The van der Waals surface area contributed by atoms with Gasteiger partial charge in [0.2, 0.25) is 0 Å². The van der Waals surface area contributed by atoms with Crippen molar-refractivity contribution in [2.24, 2.45) is 5.92 Å². The highest BCUT2D eigenvalue weighted by atomic mass is 35.5. The van der Waals surface area contributed by atoms with E-state index in [1.165, 1.54) is 5.56 Å². The number of nitrogens with one attached hydrogen (secondary N) is 2. The van der Waals surface area contributed by atoms with Gasteiger partial charge in [-0.1, -0.05) is 23.7 Å². The van der Waals surface area contributed by atoms with Gasteiger partial charge in [-0.15, -0.1) is 0 Å².